The lowest BCUT2D eigenvalue weighted by molar-refractivity contribution is 0.399. The molecule has 0 radical (unpaired) electrons. The van der Waals surface area contributed by atoms with Gasteiger partial charge in [-0.2, -0.15) is 4.98 Å². The number of methoxy groups -OCH3 is 1. The molecule has 0 saturated heterocycles. The van der Waals surface area contributed by atoms with Crippen molar-refractivity contribution in [3.8, 4) is 5.88 Å². The second-order valence-electron chi connectivity index (χ2n) is 3.82. The Balaban J connectivity index is 2.22. The quantitative estimate of drug-likeness (QED) is 0.863. The Kier molecular flexibility index (Phi) is 3.62. The summed E-state index contributed by atoms with van der Waals surface area (Å²) >= 11 is 0. The first-order valence-corrected chi connectivity index (χ1v) is 5.75. The Bertz CT molecular complexity index is 525. The lowest BCUT2D eigenvalue weighted by Gasteiger charge is -2.10. The van der Waals surface area contributed by atoms with Crippen LogP contribution in [-0.2, 0) is 6.42 Å². The zero-order chi connectivity index (χ0) is 13.0. The van der Waals surface area contributed by atoms with Gasteiger partial charge in [0.1, 0.15) is 12.0 Å². The van der Waals surface area contributed by atoms with Crippen LogP contribution in [0.25, 0.3) is 0 Å². The number of nitrogen functional groups attached to an aromatic ring is 1. The predicted molar refractivity (Wildman–Crippen MR) is 72.1 cm³/mol. The van der Waals surface area contributed by atoms with Crippen molar-refractivity contribution in [2.24, 2.45) is 0 Å². The van der Waals surface area contributed by atoms with Gasteiger partial charge in [-0.05, 0) is 24.1 Å². The average molecular weight is 244 g/mol. The number of nitrogens with zero attached hydrogens (tertiary/aromatic N) is 2. The molecule has 1 aromatic heterocycles. The van der Waals surface area contributed by atoms with Gasteiger partial charge < -0.3 is 15.8 Å². The number of nitrogens with two attached hydrogens (primary N) is 1. The van der Waals surface area contributed by atoms with Gasteiger partial charge in [-0.25, -0.2) is 4.98 Å². The highest BCUT2D eigenvalue weighted by molar-refractivity contribution is 5.72. The number of ether oxygens (including phenoxy) is 1. The minimum Gasteiger partial charge on any atom is -0.479 e. The number of rotatable bonds is 4. The van der Waals surface area contributed by atoms with Crippen LogP contribution in [0.5, 0.6) is 5.88 Å². The van der Waals surface area contributed by atoms with Crippen LogP contribution in [0.4, 0.5) is 17.2 Å². The normalized spacial score (nSPS) is 10.1. The van der Waals surface area contributed by atoms with Crippen LogP contribution in [0.3, 0.4) is 0 Å². The summed E-state index contributed by atoms with van der Waals surface area (Å²) in [6.07, 6.45) is 2.43. The summed E-state index contributed by atoms with van der Waals surface area (Å²) in [5.74, 6) is 0.920. The van der Waals surface area contributed by atoms with E-state index in [4.69, 9.17) is 10.5 Å². The summed E-state index contributed by atoms with van der Waals surface area (Å²) in [5, 5.41) is 3.14. The van der Waals surface area contributed by atoms with E-state index in [1.807, 2.05) is 12.1 Å². The zero-order valence-electron chi connectivity index (χ0n) is 10.5. The summed E-state index contributed by atoms with van der Waals surface area (Å²) in [4.78, 5) is 8.03. The number of nitrogens with one attached hydrogen (secondary N) is 1. The van der Waals surface area contributed by atoms with Crippen molar-refractivity contribution < 1.29 is 4.74 Å². The Morgan fingerprint density at radius 2 is 1.94 bits per heavy atom. The molecule has 0 fully saturated rings. The number of benzene rings is 1. The van der Waals surface area contributed by atoms with Gasteiger partial charge in [0.15, 0.2) is 5.82 Å². The number of hydrogen-bond acceptors (Lipinski definition) is 5. The smallest absolute Gasteiger partial charge is 0.242 e. The molecule has 0 saturated carbocycles. The molecule has 5 heteroatoms. The molecule has 0 aliphatic carbocycles. The van der Waals surface area contributed by atoms with Crippen LogP contribution < -0.4 is 15.8 Å². The average Bonchev–Trinajstić information content (AvgIpc) is 2.42. The summed E-state index contributed by atoms with van der Waals surface area (Å²) in [7, 11) is 1.53. The highest BCUT2D eigenvalue weighted by atomic mass is 16.5. The molecule has 0 spiro atoms. The lowest BCUT2D eigenvalue weighted by atomic mass is 10.1. The monoisotopic (exact) mass is 244 g/mol. The van der Waals surface area contributed by atoms with E-state index in [0.717, 1.165) is 12.1 Å². The molecule has 1 aromatic carbocycles. The standard InChI is InChI=1S/C13H16N4O/c1-3-9-4-6-10(7-5-9)17-12-11(14)13(18-2)16-8-15-12/h4-8H,3,14H2,1-2H3,(H,15,16,17). The van der Waals surface area contributed by atoms with Crippen LogP contribution >= 0.6 is 0 Å². The molecule has 0 aliphatic rings. The third-order valence-electron chi connectivity index (χ3n) is 2.67. The molecule has 5 nitrogen and oxygen atoms in total. The summed E-state index contributed by atoms with van der Waals surface area (Å²) in [6, 6.07) is 8.12. The first-order valence-electron chi connectivity index (χ1n) is 5.75. The molecule has 2 aromatic rings. The molecule has 0 bridgehead atoms. The van der Waals surface area contributed by atoms with Gasteiger partial charge in [0, 0.05) is 5.69 Å². The predicted octanol–water partition coefficient (Wildman–Crippen LogP) is 2.37. The lowest BCUT2D eigenvalue weighted by Crippen LogP contribution is -2.03. The Morgan fingerprint density at radius 3 is 2.56 bits per heavy atom. The fourth-order valence-electron chi connectivity index (χ4n) is 1.60. The molecule has 0 aliphatic heterocycles. The van der Waals surface area contributed by atoms with E-state index in [2.05, 4.69) is 34.3 Å². The SMILES string of the molecule is CCc1ccc(Nc2ncnc(OC)c2N)cc1. The number of hydrogen-bond donors (Lipinski definition) is 2. The van der Waals surface area contributed by atoms with Crippen molar-refractivity contribution in [3.05, 3.63) is 36.2 Å². The Morgan fingerprint density at radius 1 is 1.22 bits per heavy atom. The molecule has 0 unspecified atom stereocenters. The van der Waals surface area contributed by atoms with Crippen molar-refractivity contribution >= 4 is 17.2 Å². The van der Waals surface area contributed by atoms with Crippen molar-refractivity contribution in [2.45, 2.75) is 13.3 Å². The van der Waals surface area contributed by atoms with Crippen LogP contribution in [0.1, 0.15) is 12.5 Å². The van der Waals surface area contributed by atoms with Crippen molar-refractivity contribution in [1.29, 1.82) is 0 Å². The van der Waals surface area contributed by atoms with Crippen LogP contribution in [0, 0.1) is 0 Å². The number of aromatic nitrogens is 2. The molecule has 3 N–H and O–H groups in total. The van der Waals surface area contributed by atoms with Crippen LogP contribution in [-0.4, -0.2) is 17.1 Å². The maximum atomic E-state index is 5.89. The molecule has 18 heavy (non-hydrogen) atoms. The van der Waals surface area contributed by atoms with E-state index in [-0.39, 0.29) is 0 Å². The summed E-state index contributed by atoms with van der Waals surface area (Å²) in [6.45, 7) is 2.12. The zero-order valence-corrected chi connectivity index (χ0v) is 10.5. The third kappa shape index (κ3) is 2.51. The van der Waals surface area contributed by atoms with Crippen molar-refractivity contribution in [2.75, 3.05) is 18.2 Å². The Labute approximate surface area is 106 Å². The largest absolute Gasteiger partial charge is 0.479 e. The number of anilines is 3. The molecular formula is C13H16N4O. The topological polar surface area (TPSA) is 73.1 Å². The third-order valence-corrected chi connectivity index (χ3v) is 2.67. The Hall–Kier alpha value is -2.30. The summed E-state index contributed by atoms with van der Waals surface area (Å²) < 4.78 is 5.04. The van der Waals surface area contributed by atoms with Gasteiger partial charge in [-0.3, -0.25) is 0 Å². The fraction of sp³-hybridized carbons (Fsp3) is 0.231. The molecule has 0 atom stereocenters. The van der Waals surface area contributed by atoms with Crippen LogP contribution in [0.2, 0.25) is 0 Å². The highest BCUT2D eigenvalue weighted by Crippen LogP contribution is 2.26. The second-order valence-corrected chi connectivity index (χ2v) is 3.82. The van der Waals surface area contributed by atoms with E-state index in [1.165, 1.54) is 19.0 Å². The molecule has 94 valence electrons. The van der Waals surface area contributed by atoms with E-state index in [9.17, 15) is 0 Å². The maximum Gasteiger partial charge on any atom is 0.242 e. The molecular weight excluding hydrogens is 228 g/mol. The maximum absolute atomic E-state index is 5.89. The first-order chi connectivity index (χ1) is 8.74. The van der Waals surface area contributed by atoms with Gasteiger partial charge in [0.05, 0.1) is 7.11 Å². The van der Waals surface area contributed by atoms with E-state index in [0.29, 0.717) is 17.4 Å². The van der Waals surface area contributed by atoms with Crippen molar-refractivity contribution in [1.82, 2.24) is 9.97 Å². The second kappa shape index (κ2) is 5.35. The number of aryl methyl sites for hydroxylation is 1. The minimum atomic E-state index is 0.373. The molecule has 2 rings (SSSR count). The van der Waals surface area contributed by atoms with Gasteiger partial charge >= 0.3 is 0 Å². The molecule has 0 amide bonds. The van der Waals surface area contributed by atoms with E-state index >= 15 is 0 Å². The molecule has 1 heterocycles. The van der Waals surface area contributed by atoms with Gasteiger partial charge in [0.2, 0.25) is 5.88 Å². The van der Waals surface area contributed by atoms with E-state index < -0.39 is 0 Å². The minimum absolute atomic E-state index is 0.373. The first kappa shape index (κ1) is 12.2. The summed E-state index contributed by atoms with van der Waals surface area (Å²) in [5.41, 5.74) is 8.50. The van der Waals surface area contributed by atoms with Gasteiger partial charge in [-0.15, -0.1) is 0 Å². The fourth-order valence-corrected chi connectivity index (χ4v) is 1.60. The van der Waals surface area contributed by atoms with E-state index in [1.54, 1.807) is 0 Å². The van der Waals surface area contributed by atoms with Gasteiger partial charge in [0.25, 0.3) is 0 Å². The van der Waals surface area contributed by atoms with Crippen molar-refractivity contribution in [3.63, 3.8) is 0 Å². The van der Waals surface area contributed by atoms with Crippen LogP contribution in [0.15, 0.2) is 30.6 Å². The highest BCUT2D eigenvalue weighted by Gasteiger charge is 2.08. The van der Waals surface area contributed by atoms with Gasteiger partial charge in [-0.1, -0.05) is 19.1 Å².